The lowest BCUT2D eigenvalue weighted by molar-refractivity contribution is -0.384. The molecule has 0 heterocycles. The zero-order valence-electron chi connectivity index (χ0n) is 9.86. The van der Waals surface area contributed by atoms with Crippen LogP contribution in [0.5, 0.6) is 0 Å². The van der Waals surface area contributed by atoms with Gasteiger partial charge in [-0.2, -0.15) is 13.2 Å². The lowest BCUT2D eigenvalue weighted by Gasteiger charge is -2.24. The summed E-state index contributed by atoms with van der Waals surface area (Å²) < 4.78 is 37.3. The van der Waals surface area contributed by atoms with Crippen LogP contribution >= 0.6 is 11.6 Å². The maximum atomic E-state index is 12.4. The molecule has 0 spiro atoms. The van der Waals surface area contributed by atoms with Crippen LogP contribution < -0.4 is 5.32 Å². The van der Waals surface area contributed by atoms with Crippen molar-refractivity contribution < 1.29 is 28.0 Å². The van der Waals surface area contributed by atoms with Crippen LogP contribution in [0.2, 0.25) is 5.02 Å². The number of carbonyl (C=O) groups is 1. The zero-order valence-corrected chi connectivity index (χ0v) is 10.6. The monoisotopic (exact) mass is 312 g/mol. The second-order valence-electron chi connectivity index (χ2n) is 3.92. The number of carbonyl (C=O) groups excluding carboxylic acids is 1. The fraction of sp³-hybridized carbons (Fsp3) is 0.300. The van der Waals surface area contributed by atoms with Gasteiger partial charge < -0.3 is 10.4 Å². The minimum atomic E-state index is -5.20. The Bertz CT molecular complexity index is 560. The van der Waals surface area contributed by atoms with Crippen molar-refractivity contribution in [2.24, 2.45) is 0 Å². The molecule has 0 radical (unpaired) electrons. The van der Waals surface area contributed by atoms with Gasteiger partial charge in [-0.3, -0.25) is 14.9 Å². The Kier molecular flexibility index (Phi) is 4.25. The molecule has 1 unspecified atom stereocenters. The summed E-state index contributed by atoms with van der Waals surface area (Å²) in [4.78, 5) is 21.1. The number of aliphatic hydroxyl groups is 1. The van der Waals surface area contributed by atoms with Gasteiger partial charge in [-0.25, -0.2) is 0 Å². The van der Waals surface area contributed by atoms with E-state index in [4.69, 9.17) is 16.7 Å². The highest BCUT2D eigenvalue weighted by Crippen LogP contribution is 2.34. The van der Waals surface area contributed by atoms with Gasteiger partial charge in [-0.15, -0.1) is 0 Å². The van der Waals surface area contributed by atoms with Gasteiger partial charge >= 0.3 is 6.18 Å². The smallest absolute Gasteiger partial charge is 0.373 e. The van der Waals surface area contributed by atoms with E-state index < -0.39 is 39.0 Å². The third-order valence-corrected chi connectivity index (χ3v) is 2.81. The van der Waals surface area contributed by atoms with E-state index in [0.29, 0.717) is 0 Å². The van der Waals surface area contributed by atoms with Crippen molar-refractivity contribution in [2.75, 3.05) is 5.32 Å². The first-order valence-electron chi connectivity index (χ1n) is 5.02. The first-order valence-corrected chi connectivity index (χ1v) is 5.39. The van der Waals surface area contributed by atoms with E-state index in [9.17, 15) is 28.1 Å². The molecule has 0 aliphatic heterocycles. The molecule has 20 heavy (non-hydrogen) atoms. The number of nitro benzene ring substituents is 1. The SMILES string of the molecule is CC(O)(C(=O)Nc1cccc([N+](=O)[O-])c1Cl)C(F)(F)F. The first kappa shape index (κ1) is 16.2. The summed E-state index contributed by atoms with van der Waals surface area (Å²) >= 11 is 5.59. The van der Waals surface area contributed by atoms with Gasteiger partial charge in [0.15, 0.2) is 0 Å². The summed E-state index contributed by atoms with van der Waals surface area (Å²) in [5, 5.41) is 20.9. The Labute approximate surface area is 115 Å². The van der Waals surface area contributed by atoms with E-state index in [1.807, 2.05) is 0 Å². The average molecular weight is 313 g/mol. The molecule has 110 valence electrons. The van der Waals surface area contributed by atoms with E-state index in [1.165, 1.54) is 0 Å². The van der Waals surface area contributed by atoms with Crippen molar-refractivity contribution in [1.29, 1.82) is 0 Å². The molecule has 0 aliphatic carbocycles. The maximum absolute atomic E-state index is 12.4. The van der Waals surface area contributed by atoms with Crippen LogP contribution in [0, 0.1) is 10.1 Å². The molecule has 0 fully saturated rings. The molecule has 1 amide bonds. The van der Waals surface area contributed by atoms with E-state index >= 15 is 0 Å². The van der Waals surface area contributed by atoms with E-state index in [1.54, 1.807) is 5.32 Å². The van der Waals surface area contributed by atoms with Gasteiger partial charge in [0.2, 0.25) is 5.60 Å². The van der Waals surface area contributed by atoms with Crippen LogP contribution in [0.1, 0.15) is 6.92 Å². The Hall–Kier alpha value is -1.87. The van der Waals surface area contributed by atoms with Crippen LogP contribution in [0.15, 0.2) is 18.2 Å². The van der Waals surface area contributed by atoms with Gasteiger partial charge in [0.05, 0.1) is 10.6 Å². The predicted molar refractivity (Wildman–Crippen MR) is 63.4 cm³/mol. The molecular weight excluding hydrogens is 305 g/mol. The highest BCUT2D eigenvalue weighted by Gasteiger charge is 2.55. The lowest BCUT2D eigenvalue weighted by Crippen LogP contribution is -2.52. The zero-order chi connectivity index (χ0) is 15.7. The van der Waals surface area contributed by atoms with Crippen LogP contribution in [0.4, 0.5) is 24.5 Å². The van der Waals surface area contributed by atoms with Crippen molar-refractivity contribution in [3.63, 3.8) is 0 Å². The first-order chi connectivity index (χ1) is 8.98. The Morgan fingerprint density at radius 1 is 1.45 bits per heavy atom. The summed E-state index contributed by atoms with van der Waals surface area (Å²) in [7, 11) is 0. The lowest BCUT2D eigenvalue weighted by atomic mass is 10.1. The van der Waals surface area contributed by atoms with Crippen LogP contribution in [0.25, 0.3) is 0 Å². The Balaban J connectivity index is 3.10. The fourth-order valence-corrected chi connectivity index (χ4v) is 1.37. The molecule has 0 aromatic heterocycles. The van der Waals surface area contributed by atoms with E-state index in [0.717, 1.165) is 18.2 Å². The number of benzene rings is 1. The Morgan fingerprint density at radius 2 is 2.00 bits per heavy atom. The molecule has 0 aliphatic rings. The van der Waals surface area contributed by atoms with Crippen molar-refractivity contribution in [3.8, 4) is 0 Å². The number of nitro groups is 1. The number of nitrogens with one attached hydrogen (secondary N) is 1. The normalized spacial score (nSPS) is 14.5. The number of anilines is 1. The molecule has 0 saturated carbocycles. The van der Waals surface area contributed by atoms with Crippen molar-refractivity contribution >= 4 is 28.9 Å². The third kappa shape index (κ3) is 2.99. The van der Waals surface area contributed by atoms with Crippen LogP contribution in [-0.2, 0) is 4.79 Å². The molecule has 1 aromatic rings. The van der Waals surface area contributed by atoms with Gasteiger partial charge in [0.1, 0.15) is 5.02 Å². The second-order valence-corrected chi connectivity index (χ2v) is 4.30. The standard InChI is InChI=1S/C10H8ClF3N2O4/c1-9(18,10(12,13)14)8(17)15-5-3-2-4-6(7(5)11)16(19)20/h2-4,18H,1H3,(H,15,17). The van der Waals surface area contributed by atoms with E-state index in [2.05, 4.69) is 0 Å². The second kappa shape index (κ2) is 5.25. The van der Waals surface area contributed by atoms with Crippen molar-refractivity contribution in [2.45, 2.75) is 18.7 Å². The quantitative estimate of drug-likeness (QED) is 0.662. The molecule has 2 N–H and O–H groups in total. The molecule has 10 heteroatoms. The highest BCUT2D eigenvalue weighted by atomic mass is 35.5. The number of halogens is 4. The number of amides is 1. The predicted octanol–water partition coefficient (Wildman–Crippen LogP) is 2.50. The molecule has 1 atom stereocenters. The highest BCUT2D eigenvalue weighted by molar-refractivity contribution is 6.35. The van der Waals surface area contributed by atoms with E-state index in [-0.39, 0.29) is 6.92 Å². The van der Waals surface area contributed by atoms with Crippen LogP contribution in [0.3, 0.4) is 0 Å². The average Bonchev–Trinajstić information content (AvgIpc) is 2.29. The molecule has 0 bridgehead atoms. The summed E-state index contributed by atoms with van der Waals surface area (Å²) in [6.45, 7) is 0.258. The number of hydrogen-bond acceptors (Lipinski definition) is 4. The van der Waals surface area contributed by atoms with Gasteiger partial charge in [-0.05, 0) is 13.0 Å². The minimum absolute atomic E-state index is 0.258. The summed E-state index contributed by atoms with van der Waals surface area (Å²) in [6, 6.07) is 3.21. The molecule has 1 rings (SSSR count). The molecule has 1 aromatic carbocycles. The number of rotatable bonds is 3. The largest absolute Gasteiger partial charge is 0.426 e. The third-order valence-electron chi connectivity index (χ3n) is 2.42. The van der Waals surface area contributed by atoms with Gasteiger partial charge in [-0.1, -0.05) is 17.7 Å². The minimum Gasteiger partial charge on any atom is -0.373 e. The van der Waals surface area contributed by atoms with Crippen molar-refractivity contribution in [1.82, 2.24) is 0 Å². The molecular formula is C10H8ClF3N2O4. The van der Waals surface area contributed by atoms with Crippen molar-refractivity contribution in [3.05, 3.63) is 33.3 Å². The molecule has 0 saturated heterocycles. The maximum Gasteiger partial charge on any atom is 0.426 e. The Morgan fingerprint density at radius 3 is 2.45 bits per heavy atom. The number of hydrogen-bond donors (Lipinski definition) is 2. The topological polar surface area (TPSA) is 92.5 Å². The van der Waals surface area contributed by atoms with Gasteiger partial charge in [0.25, 0.3) is 11.6 Å². The summed E-state index contributed by atoms with van der Waals surface area (Å²) in [5.74, 6) is -1.80. The number of nitrogens with zero attached hydrogens (tertiary/aromatic N) is 1. The number of alkyl halides is 3. The van der Waals surface area contributed by atoms with Gasteiger partial charge in [0, 0.05) is 6.07 Å². The van der Waals surface area contributed by atoms with Crippen LogP contribution in [-0.4, -0.2) is 27.7 Å². The summed E-state index contributed by atoms with van der Waals surface area (Å²) in [6.07, 6.45) is -5.20. The molecule has 6 nitrogen and oxygen atoms in total. The fourth-order valence-electron chi connectivity index (χ4n) is 1.13. The summed E-state index contributed by atoms with van der Waals surface area (Å²) in [5.41, 5.74) is -4.65.